The lowest BCUT2D eigenvalue weighted by atomic mass is 10.1. The minimum absolute atomic E-state index is 0.0449. The molecular weight excluding hydrogens is 350 g/mol. The molecule has 2 aromatic carbocycles. The summed E-state index contributed by atoms with van der Waals surface area (Å²) in [4.78, 5) is 23.6. The van der Waals surface area contributed by atoms with Crippen LogP contribution in [0.2, 0.25) is 0 Å². The van der Waals surface area contributed by atoms with Crippen LogP contribution in [0.4, 0.5) is 0 Å². The lowest BCUT2D eigenvalue weighted by Crippen LogP contribution is -2.28. The Kier molecular flexibility index (Phi) is 5.63. The molecule has 0 N–H and O–H groups in total. The van der Waals surface area contributed by atoms with Crippen LogP contribution in [0, 0.1) is 0 Å². The number of ether oxygens (including phenoxy) is 1. The normalized spacial score (nSPS) is 16.4. The molecule has 1 aromatic heterocycles. The summed E-state index contributed by atoms with van der Waals surface area (Å²) in [7, 11) is 1.86. The maximum atomic E-state index is 12.7. The molecule has 1 amide bonds. The topological polar surface area (TPSA) is 55.3 Å². The summed E-state index contributed by atoms with van der Waals surface area (Å²) in [5.41, 5.74) is 4.20. The van der Waals surface area contributed by atoms with Gasteiger partial charge in [0.25, 0.3) is 5.91 Å². The van der Waals surface area contributed by atoms with E-state index >= 15 is 0 Å². The number of hydrogen-bond donors (Lipinski definition) is 0. The lowest BCUT2D eigenvalue weighted by molar-refractivity contribution is 0.0763. The average Bonchev–Trinajstić information content (AvgIpc) is 3.26. The first-order valence-electron chi connectivity index (χ1n) is 9.90. The van der Waals surface area contributed by atoms with Gasteiger partial charge in [-0.15, -0.1) is 0 Å². The van der Waals surface area contributed by atoms with E-state index in [1.807, 2.05) is 55.6 Å². The number of benzene rings is 2. The van der Waals surface area contributed by atoms with Crippen LogP contribution in [0.15, 0.2) is 54.7 Å². The highest BCUT2D eigenvalue weighted by Gasteiger charge is 2.17. The zero-order valence-corrected chi connectivity index (χ0v) is 16.2. The monoisotopic (exact) mass is 375 g/mol. The van der Waals surface area contributed by atoms with Gasteiger partial charge in [-0.3, -0.25) is 9.78 Å². The lowest BCUT2D eigenvalue weighted by Gasteiger charge is -2.18. The smallest absolute Gasteiger partial charge is 0.253 e. The summed E-state index contributed by atoms with van der Waals surface area (Å²) in [6.45, 7) is 1.63. The molecule has 0 aliphatic carbocycles. The summed E-state index contributed by atoms with van der Waals surface area (Å²) < 4.78 is 5.65. The quantitative estimate of drug-likeness (QED) is 0.644. The van der Waals surface area contributed by atoms with Gasteiger partial charge in [0.1, 0.15) is 0 Å². The summed E-state index contributed by atoms with van der Waals surface area (Å²) in [6.07, 6.45) is 6.46. The average molecular weight is 375 g/mol. The van der Waals surface area contributed by atoms with Crippen molar-refractivity contribution >= 4 is 16.9 Å². The second kappa shape index (κ2) is 8.48. The van der Waals surface area contributed by atoms with E-state index < -0.39 is 0 Å². The number of hydrogen-bond acceptors (Lipinski definition) is 4. The first-order chi connectivity index (χ1) is 13.7. The summed E-state index contributed by atoms with van der Waals surface area (Å²) in [5, 5.41) is 0. The molecule has 3 aromatic rings. The molecular formula is C23H25N3O2. The maximum absolute atomic E-state index is 12.7. The van der Waals surface area contributed by atoms with E-state index in [0.29, 0.717) is 11.7 Å². The van der Waals surface area contributed by atoms with Crippen LogP contribution in [0.5, 0.6) is 0 Å². The molecule has 4 rings (SSSR count). The third-order valence-electron chi connectivity index (χ3n) is 5.27. The van der Waals surface area contributed by atoms with Gasteiger partial charge >= 0.3 is 0 Å². The van der Waals surface area contributed by atoms with Crippen molar-refractivity contribution in [2.75, 3.05) is 20.2 Å². The van der Waals surface area contributed by atoms with E-state index in [9.17, 15) is 4.79 Å². The van der Waals surface area contributed by atoms with Crippen LogP contribution in [-0.2, 0) is 4.74 Å². The Morgan fingerprint density at radius 2 is 1.93 bits per heavy atom. The first kappa shape index (κ1) is 18.6. The fraction of sp³-hybridized carbons (Fsp3) is 0.348. The van der Waals surface area contributed by atoms with Crippen molar-refractivity contribution in [3.05, 3.63) is 60.3 Å². The molecule has 1 aliphatic rings. The molecule has 0 unspecified atom stereocenters. The number of amides is 1. The Bertz CT molecular complexity index is 949. The van der Waals surface area contributed by atoms with E-state index in [1.165, 1.54) is 0 Å². The van der Waals surface area contributed by atoms with E-state index in [-0.39, 0.29) is 5.91 Å². The van der Waals surface area contributed by atoms with Crippen molar-refractivity contribution < 1.29 is 9.53 Å². The summed E-state index contributed by atoms with van der Waals surface area (Å²) >= 11 is 0. The van der Waals surface area contributed by atoms with Gasteiger partial charge in [0.05, 0.1) is 29.0 Å². The molecule has 28 heavy (non-hydrogen) atoms. The standard InChI is InChI=1S/C23H25N3O2/c1-26(14-4-6-19-7-5-15-28-19)23(27)18-12-10-17(11-13-18)22-16-24-20-8-2-3-9-21(20)25-22/h2-3,8-13,16,19H,4-7,14-15H2,1H3/t19-/m0/s1. The Morgan fingerprint density at radius 1 is 1.14 bits per heavy atom. The van der Waals surface area contributed by atoms with Crippen LogP contribution in [-0.4, -0.2) is 47.1 Å². The molecule has 5 nitrogen and oxygen atoms in total. The molecule has 1 atom stereocenters. The van der Waals surface area contributed by atoms with E-state index in [0.717, 1.165) is 61.1 Å². The predicted molar refractivity (Wildman–Crippen MR) is 110 cm³/mol. The Balaban J connectivity index is 1.39. The molecule has 1 saturated heterocycles. The van der Waals surface area contributed by atoms with Gasteiger partial charge in [0.2, 0.25) is 0 Å². The van der Waals surface area contributed by atoms with Crippen molar-refractivity contribution in [3.8, 4) is 11.3 Å². The summed E-state index contributed by atoms with van der Waals surface area (Å²) in [6, 6.07) is 15.4. The number of aromatic nitrogens is 2. The van der Waals surface area contributed by atoms with E-state index in [1.54, 1.807) is 11.1 Å². The van der Waals surface area contributed by atoms with Gasteiger partial charge in [0, 0.05) is 31.3 Å². The van der Waals surface area contributed by atoms with Gasteiger partial charge in [-0.25, -0.2) is 4.98 Å². The Morgan fingerprint density at radius 3 is 2.68 bits per heavy atom. The van der Waals surface area contributed by atoms with Crippen molar-refractivity contribution in [2.45, 2.75) is 31.8 Å². The fourth-order valence-electron chi connectivity index (χ4n) is 3.63. The van der Waals surface area contributed by atoms with Crippen LogP contribution < -0.4 is 0 Å². The second-order valence-corrected chi connectivity index (χ2v) is 7.33. The minimum Gasteiger partial charge on any atom is -0.378 e. The van der Waals surface area contributed by atoms with Gasteiger partial charge in [-0.2, -0.15) is 0 Å². The highest BCUT2D eigenvalue weighted by molar-refractivity contribution is 5.94. The third kappa shape index (κ3) is 4.20. The highest BCUT2D eigenvalue weighted by Crippen LogP contribution is 2.21. The number of nitrogens with zero attached hydrogens (tertiary/aromatic N) is 3. The third-order valence-corrected chi connectivity index (χ3v) is 5.27. The van der Waals surface area contributed by atoms with Gasteiger partial charge in [0.15, 0.2) is 0 Å². The molecule has 144 valence electrons. The molecule has 1 aliphatic heterocycles. The molecule has 5 heteroatoms. The molecule has 1 fully saturated rings. The van der Waals surface area contributed by atoms with Gasteiger partial charge in [-0.1, -0.05) is 24.3 Å². The number of fused-ring (bicyclic) bond motifs is 1. The largest absolute Gasteiger partial charge is 0.378 e. The van der Waals surface area contributed by atoms with Crippen molar-refractivity contribution in [1.29, 1.82) is 0 Å². The molecule has 0 bridgehead atoms. The van der Waals surface area contributed by atoms with Crippen molar-refractivity contribution in [3.63, 3.8) is 0 Å². The van der Waals surface area contributed by atoms with E-state index in [4.69, 9.17) is 4.74 Å². The van der Waals surface area contributed by atoms with E-state index in [2.05, 4.69) is 9.97 Å². The molecule has 0 spiro atoms. The Labute approximate surface area is 165 Å². The van der Waals surface area contributed by atoms with Gasteiger partial charge in [-0.05, 0) is 49.9 Å². The van der Waals surface area contributed by atoms with Gasteiger partial charge < -0.3 is 9.64 Å². The number of carbonyl (C=O) groups excluding carboxylic acids is 1. The van der Waals surface area contributed by atoms with Crippen LogP contribution in [0.25, 0.3) is 22.3 Å². The predicted octanol–water partition coefficient (Wildman–Crippen LogP) is 4.33. The number of para-hydroxylation sites is 2. The van der Waals surface area contributed by atoms with Crippen molar-refractivity contribution in [1.82, 2.24) is 14.9 Å². The van der Waals surface area contributed by atoms with Crippen LogP contribution in [0.3, 0.4) is 0 Å². The van der Waals surface area contributed by atoms with Crippen LogP contribution in [0.1, 0.15) is 36.0 Å². The fourth-order valence-corrected chi connectivity index (χ4v) is 3.63. The molecule has 0 saturated carbocycles. The number of carbonyl (C=O) groups is 1. The molecule has 0 radical (unpaired) electrons. The molecule has 2 heterocycles. The van der Waals surface area contributed by atoms with Crippen molar-refractivity contribution in [2.24, 2.45) is 0 Å². The minimum atomic E-state index is 0.0449. The second-order valence-electron chi connectivity index (χ2n) is 7.33. The maximum Gasteiger partial charge on any atom is 0.253 e. The summed E-state index contributed by atoms with van der Waals surface area (Å²) in [5.74, 6) is 0.0449. The number of rotatable bonds is 6. The van der Waals surface area contributed by atoms with Crippen LogP contribution >= 0.6 is 0 Å². The highest BCUT2D eigenvalue weighted by atomic mass is 16.5. The SMILES string of the molecule is CN(CCC[C@H]1CCCO1)C(=O)c1ccc(-c2cnc3ccccc3n2)cc1. The zero-order chi connectivity index (χ0) is 19.3. The zero-order valence-electron chi connectivity index (χ0n) is 16.2. The first-order valence-corrected chi connectivity index (χ1v) is 9.90. The Hall–Kier alpha value is -2.79.